The minimum absolute atomic E-state index is 0.0265. The first kappa shape index (κ1) is 19.9. The summed E-state index contributed by atoms with van der Waals surface area (Å²) < 4.78 is 5.10. The Hall–Kier alpha value is -2.37. The van der Waals surface area contributed by atoms with Crippen LogP contribution >= 0.6 is 11.6 Å². The highest BCUT2D eigenvalue weighted by atomic mass is 35.5. The largest absolute Gasteiger partial charge is 0.508 e. The van der Waals surface area contributed by atoms with Gasteiger partial charge in [-0.25, -0.2) is 0 Å². The molecule has 0 aromatic heterocycles. The molecule has 26 heavy (non-hydrogen) atoms. The summed E-state index contributed by atoms with van der Waals surface area (Å²) >= 11 is 5.82. The highest BCUT2D eigenvalue weighted by Gasteiger charge is 2.20. The maximum atomic E-state index is 12.2. The maximum absolute atomic E-state index is 12.2. The molecule has 0 radical (unpaired) electrons. The molecule has 0 amide bonds. The van der Waals surface area contributed by atoms with E-state index in [1.165, 1.54) is 0 Å². The Labute approximate surface area is 157 Å². The molecule has 0 spiro atoms. The minimum Gasteiger partial charge on any atom is -0.508 e. The average molecular weight is 376 g/mol. The van der Waals surface area contributed by atoms with Crippen molar-refractivity contribution >= 4 is 23.4 Å². The number of esters is 1. The van der Waals surface area contributed by atoms with Crippen molar-refractivity contribution in [2.24, 2.45) is 0 Å². The molecule has 0 fully saturated rings. The third-order valence-electron chi connectivity index (χ3n) is 3.86. The lowest BCUT2D eigenvalue weighted by Crippen LogP contribution is -2.40. The van der Waals surface area contributed by atoms with Crippen LogP contribution < -0.4 is 5.32 Å². The van der Waals surface area contributed by atoms with Crippen LogP contribution in [0.15, 0.2) is 48.5 Å². The lowest BCUT2D eigenvalue weighted by atomic mass is 10.0. The van der Waals surface area contributed by atoms with E-state index in [-0.39, 0.29) is 30.5 Å². The van der Waals surface area contributed by atoms with Gasteiger partial charge in [0, 0.05) is 23.6 Å². The van der Waals surface area contributed by atoms with Crippen molar-refractivity contribution in [3.05, 3.63) is 64.7 Å². The Morgan fingerprint density at radius 1 is 1.12 bits per heavy atom. The number of nitrogens with one attached hydrogen (secondary N) is 1. The van der Waals surface area contributed by atoms with Crippen molar-refractivity contribution in [1.29, 1.82) is 0 Å². The quantitative estimate of drug-likeness (QED) is 0.519. The Balaban J connectivity index is 1.93. The second-order valence-corrected chi connectivity index (χ2v) is 6.25. The second kappa shape index (κ2) is 9.94. The topological polar surface area (TPSA) is 75.6 Å². The molecule has 2 aromatic rings. The third-order valence-corrected chi connectivity index (χ3v) is 4.11. The maximum Gasteiger partial charge on any atom is 0.323 e. The molecule has 0 saturated heterocycles. The van der Waals surface area contributed by atoms with Gasteiger partial charge < -0.3 is 15.2 Å². The van der Waals surface area contributed by atoms with Crippen molar-refractivity contribution in [2.75, 3.05) is 13.2 Å². The van der Waals surface area contributed by atoms with E-state index in [1.54, 1.807) is 55.5 Å². The summed E-state index contributed by atoms with van der Waals surface area (Å²) in [5, 5.41) is 13.0. The zero-order valence-corrected chi connectivity index (χ0v) is 15.3. The molecule has 138 valence electrons. The Bertz CT molecular complexity index is 728. The Morgan fingerprint density at radius 2 is 1.77 bits per heavy atom. The van der Waals surface area contributed by atoms with Crippen molar-refractivity contribution < 1.29 is 19.4 Å². The minimum atomic E-state index is -0.558. The van der Waals surface area contributed by atoms with Gasteiger partial charge in [0.15, 0.2) is 5.78 Å². The Morgan fingerprint density at radius 3 is 2.38 bits per heavy atom. The van der Waals surface area contributed by atoms with E-state index < -0.39 is 6.04 Å². The van der Waals surface area contributed by atoms with Gasteiger partial charge >= 0.3 is 5.97 Å². The molecule has 5 nitrogen and oxygen atoms in total. The van der Waals surface area contributed by atoms with E-state index in [2.05, 4.69) is 5.32 Å². The number of carbonyl (C=O) groups is 2. The van der Waals surface area contributed by atoms with E-state index in [1.807, 2.05) is 0 Å². The molecule has 1 atom stereocenters. The number of carbonyl (C=O) groups excluding carboxylic acids is 2. The van der Waals surface area contributed by atoms with Crippen LogP contribution in [0, 0.1) is 0 Å². The summed E-state index contributed by atoms with van der Waals surface area (Å²) in [6.07, 6.45) is 0.668. The summed E-state index contributed by atoms with van der Waals surface area (Å²) in [5.41, 5.74) is 1.47. The van der Waals surface area contributed by atoms with Gasteiger partial charge in [-0.05, 0) is 55.3 Å². The molecule has 0 bridgehead atoms. The van der Waals surface area contributed by atoms with Gasteiger partial charge in [-0.1, -0.05) is 23.7 Å². The summed E-state index contributed by atoms with van der Waals surface area (Å²) in [6.45, 7) is 2.39. The number of halogens is 1. The summed E-state index contributed by atoms with van der Waals surface area (Å²) in [6, 6.07) is 12.8. The molecule has 6 heteroatoms. The number of Topliss-reactive ketones (excluding diaryl/α,β-unsaturated/α-hetero) is 1. The molecule has 2 N–H and O–H groups in total. The van der Waals surface area contributed by atoms with E-state index in [9.17, 15) is 14.7 Å². The lowest BCUT2D eigenvalue weighted by Gasteiger charge is -2.17. The van der Waals surface area contributed by atoms with Gasteiger partial charge in [-0.3, -0.25) is 9.59 Å². The fourth-order valence-corrected chi connectivity index (χ4v) is 2.62. The predicted molar refractivity (Wildman–Crippen MR) is 101 cm³/mol. The van der Waals surface area contributed by atoms with Crippen LogP contribution in [0.5, 0.6) is 5.75 Å². The third kappa shape index (κ3) is 6.17. The standard InChI is InChI=1S/C20H22ClNO4/c1-2-26-20(25)18(13-14-3-9-17(23)10-4-14)22-12-11-19(24)15-5-7-16(21)8-6-15/h3-10,18,22-23H,2,11-13H2,1H3/t18-/m1/s1. The summed E-state index contributed by atoms with van der Waals surface area (Å²) in [4.78, 5) is 24.4. The predicted octanol–water partition coefficient (Wildman–Crippen LogP) is 3.38. The smallest absolute Gasteiger partial charge is 0.323 e. The number of phenols is 1. The molecule has 0 aliphatic heterocycles. The molecule has 2 aromatic carbocycles. The zero-order valence-electron chi connectivity index (χ0n) is 14.6. The van der Waals surface area contributed by atoms with Gasteiger partial charge in [-0.2, -0.15) is 0 Å². The van der Waals surface area contributed by atoms with Crippen LogP contribution in [0.4, 0.5) is 0 Å². The molecular formula is C20H22ClNO4. The number of ether oxygens (including phenoxy) is 1. The molecule has 0 aliphatic rings. The second-order valence-electron chi connectivity index (χ2n) is 5.81. The first-order valence-corrected chi connectivity index (χ1v) is 8.84. The number of phenolic OH excluding ortho intramolecular Hbond substituents is 1. The SMILES string of the molecule is CCOC(=O)[C@@H](Cc1ccc(O)cc1)NCCC(=O)c1ccc(Cl)cc1. The number of aromatic hydroxyl groups is 1. The zero-order chi connectivity index (χ0) is 18.9. The van der Waals surface area contributed by atoms with Crippen LogP contribution in [0.2, 0.25) is 5.02 Å². The monoisotopic (exact) mass is 375 g/mol. The van der Waals surface area contributed by atoms with Gasteiger partial charge in [0.1, 0.15) is 11.8 Å². The van der Waals surface area contributed by atoms with Crippen molar-refractivity contribution in [1.82, 2.24) is 5.32 Å². The summed E-state index contributed by atoms with van der Waals surface area (Å²) in [5.74, 6) is -0.219. The van der Waals surface area contributed by atoms with Crippen molar-refractivity contribution in [2.45, 2.75) is 25.8 Å². The van der Waals surface area contributed by atoms with E-state index >= 15 is 0 Å². The van der Waals surface area contributed by atoms with Crippen LogP contribution in [-0.4, -0.2) is 36.1 Å². The van der Waals surface area contributed by atoms with Gasteiger partial charge in [0.05, 0.1) is 6.61 Å². The molecule has 0 aliphatic carbocycles. The van der Waals surface area contributed by atoms with Crippen molar-refractivity contribution in [3.8, 4) is 5.75 Å². The van der Waals surface area contributed by atoms with Crippen LogP contribution in [-0.2, 0) is 16.0 Å². The number of hydrogen-bond donors (Lipinski definition) is 2. The lowest BCUT2D eigenvalue weighted by molar-refractivity contribution is -0.145. The van der Waals surface area contributed by atoms with Crippen LogP contribution in [0.1, 0.15) is 29.3 Å². The highest BCUT2D eigenvalue weighted by Crippen LogP contribution is 2.13. The number of hydrogen-bond acceptors (Lipinski definition) is 5. The highest BCUT2D eigenvalue weighted by molar-refractivity contribution is 6.30. The molecule has 0 unspecified atom stereocenters. The van der Waals surface area contributed by atoms with Gasteiger partial charge in [-0.15, -0.1) is 0 Å². The fraction of sp³-hybridized carbons (Fsp3) is 0.300. The molecule has 2 rings (SSSR count). The number of benzene rings is 2. The summed E-state index contributed by atoms with van der Waals surface area (Å²) in [7, 11) is 0. The fourth-order valence-electron chi connectivity index (χ4n) is 2.49. The van der Waals surface area contributed by atoms with Gasteiger partial charge in [0.2, 0.25) is 0 Å². The van der Waals surface area contributed by atoms with Crippen molar-refractivity contribution in [3.63, 3.8) is 0 Å². The first-order valence-electron chi connectivity index (χ1n) is 8.46. The normalized spacial score (nSPS) is 11.8. The van der Waals surface area contributed by atoms with Gasteiger partial charge in [0.25, 0.3) is 0 Å². The van der Waals surface area contributed by atoms with E-state index in [4.69, 9.17) is 16.3 Å². The number of rotatable bonds is 9. The Kier molecular flexibility index (Phi) is 7.63. The molecule has 0 heterocycles. The van der Waals surface area contributed by atoms with E-state index in [0.29, 0.717) is 23.6 Å². The average Bonchev–Trinajstić information content (AvgIpc) is 2.63. The van der Waals surface area contributed by atoms with Crippen LogP contribution in [0.3, 0.4) is 0 Å². The number of ketones is 1. The van der Waals surface area contributed by atoms with Crippen LogP contribution in [0.25, 0.3) is 0 Å². The first-order chi connectivity index (χ1) is 12.5. The molecule has 0 saturated carbocycles. The van der Waals surface area contributed by atoms with E-state index in [0.717, 1.165) is 5.56 Å². The molecular weight excluding hydrogens is 354 g/mol.